The van der Waals surface area contributed by atoms with Gasteiger partial charge in [-0.15, -0.1) is 11.3 Å². The number of halogens is 1. The number of hydrogen-bond acceptors (Lipinski definition) is 3. The Hall–Kier alpha value is -0.390. The normalized spacial score (nSPS) is 19.6. The van der Waals surface area contributed by atoms with Crippen LogP contribution in [-0.2, 0) is 4.79 Å². The highest BCUT2D eigenvalue weighted by molar-refractivity contribution is 9.11. The summed E-state index contributed by atoms with van der Waals surface area (Å²) >= 11 is 4.89. The summed E-state index contributed by atoms with van der Waals surface area (Å²) in [6.45, 7) is 1.79. The van der Waals surface area contributed by atoms with Crippen LogP contribution in [-0.4, -0.2) is 29.1 Å². The Kier molecular flexibility index (Phi) is 4.00. The third-order valence-corrected chi connectivity index (χ3v) is 4.53. The summed E-state index contributed by atoms with van der Waals surface area (Å²) in [6.07, 6.45) is 3.43. The SMILES string of the molecule is O=C(O)C(c1ccc(Br)s1)N1CCCCC1. The van der Waals surface area contributed by atoms with Crippen LogP contribution in [0.3, 0.4) is 0 Å². The van der Waals surface area contributed by atoms with Crippen LogP contribution in [0.4, 0.5) is 0 Å². The molecule has 1 aromatic heterocycles. The zero-order valence-corrected chi connectivity index (χ0v) is 11.3. The van der Waals surface area contributed by atoms with Crippen molar-refractivity contribution in [1.82, 2.24) is 4.90 Å². The quantitative estimate of drug-likeness (QED) is 0.932. The first kappa shape index (κ1) is 12.1. The topological polar surface area (TPSA) is 40.5 Å². The lowest BCUT2D eigenvalue weighted by Gasteiger charge is -2.31. The number of rotatable bonds is 3. The maximum Gasteiger partial charge on any atom is 0.326 e. The van der Waals surface area contributed by atoms with Crippen LogP contribution >= 0.6 is 27.3 Å². The molecule has 1 unspecified atom stereocenters. The summed E-state index contributed by atoms with van der Waals surface area (Å²) in [7, 11) is 0. The molecule has 1 aliphatic heterocycles. The predicted octanol–water partition coefficient (Wildman–Crippen LogP) is 3.12. The molecule has 0 aliphatic carbocycles. The van der Waals surface area contributed by atoms with E-state index in [1.165, 1.54) is 17.8 Å². The number of hydrogen-bond donors (Lipinski definition) is 1. The molecule has 0 radical (unpaired) electrons. The Bertz CT molecular complexity index is 374. The number of thiophene rings is 1. The molecule has 1 atom stereocenters. The minimum Gasteiger partial charge on any atom is -0.480 e. The van der Waals surface area contributed by atoms with Crippen LogP contribution in [0, 0.1) is 0 Å². The standard InChI is InChI=1S/C11H14BrNO2S/c12-9-5-4-8(16-9)10(11(14)15)13-6-2-1-3-7-13/h4-5,10H,1-3,6-7H2,(H,14,15). The number of likely N-dealkylation sites (tertiary alicyclic amines) is 1. The minimum atomic E-state index is -0.740. The molecule has 3 nitrogen and oxygen atoms in total. The van der Waals surface area contributed by atoms with Crippen molar-refractivity contribution < 1.29 is 9.90 Å². The van der Waals surface area contributed by atoms with Gasteiger partial charge in [-0.1, -0.05) is 6.42 Å². The van der Waals surface area contributed by atoms with Crippen molar-refractivity contribution in [2.75, 3.05) is 13.1 Å². The van der Waals surface area contributed by atoms with Gasteiger partial charge in [-0.3, -0.25) is 9.69 Å². The molecular weight excluding hydrogens is 290 g/mol. The van der Waals surface area contributed by atoms with Crippen LogP contribution in [0.15, 0.2) is 15.9 Å². The Labute approximate surface area is 107 Å². The molecule has 88 valence electrons. The second-order valence-corrected chi connectivity index (χ2v) is 6.47. The van der Waals surface area contributed by atoms with Gasteiger partial charge in [0, 0.05) is 4.88 Å². The van der Waals surface area contributed by atoms with E-state index in [1.807, 2.05) is 12.1 Å². The molecule has 2 rings (SSSR count). The van der Waals surface area contributed by atoms with Crippen LogP contribution in [0.5, 0.6) is 0 Å². The Morgan fingerprint density at radius 2 is 2.06 bits per heavy atom. The lowest BCUT2D eigenvalue weighted by Crippen LogP contribution is -2.37. The molecule has 1 aromatic rings. The fourth-order valence-corrected chi connectivity index (χ4v) is 3.66. The molecule has 1 saturated heterocycles. The molecule has 0 saturated carbocycles. The summed E-state index contributed by atoms with van der Waals surface area (Å²) in [4.78, 5) is 14.3. The molecule has 0 aromatic carbocycles. The van der Waals surface area contributed by atoms with E-state index in [1.54, 1.807) is 0 Å². The van der Waals surface area contributed by atoms with Crippen LogP contribution in [0.25, 0.3) is 0 Å². The molecule has 5 heteroatoms. The molecule has 0 amide bonds. The third-order valence-electron chi connectivity index (χ3n) is 2.85. The second kappa shape index (κ2) is 5.29. The maximum absolute atomic E-state index is 11.4. The molecule has 1 N–H and O–H groups in total. The van der Waals surface area contributed by atoms with E-state index in [2.05, 4.69) is 20.8 Å². The number of nitrogens with zero attached hydrogens (tertiary/aromatic N) is 1. The first-order valence-corrected chi connectivity index (χ1v) is 7.01. The van der Waals surface area contributed by atoms with Gasteiger partial charge in [0.1, 0.15) is 6.04 Å². The molecule has 1 aliphatic rings. The number of carbonyl (C=O) groups is 1. The summed E-state index contributed by atoms with van der Waals surface area (Å²) in [5.41, 5.74) is 0. The van der Waals surface area contributed by atoms with Crippen molar-refractivity contribution in [2.45, 2.75) is 25.3 Å². The predicted molar refractivity (Wildman–Crippen MR) is 67.8 cm³/mol. The van der Waals surface area contributed by atoms with Crippen LogP contribution in [0.1, 0.15) is 30.2 Å². The van der Waals surface area contributed by atoms with Gasteiger partial charge in [-0.05, 0) is 54.0 Å². The van der Waals surface area contributed by atoms with Gasteiger partial charge in [0.05, 0.1) is 3.79 Å². The van der Waals surface area contributed by atoms with Crippen molar-refractivity contribution in [3.8, 4) is 0 Å². The molecular formula is C11H14BrNO2S. The Morgan fingerprint density at radius 1 is 1.38 bits per heavy atom. The highest BCUT2D eigenvalue weighted by Gasteiger charge is 2.29. The van der Waals surface area contributed by atoms with Gasteiger partial charge in [0.15, 0.2) is 0 Å². The summed E-state index contributed by atoms with van der Waals surface area (Å²) in [5.74, 6) is -0.740. The van der Waals surface area contributed by atoms with E-state index in [9.17, 15) is 9.90 Å². The van der Waals surface area contributed by atoms with Crippen molar-refractivity contribution in [2.24, 2.45) is 0 Å². The zero-order valence-electron chi connectivity index (χ0n) is 8.86. The first-order valence-electron chi connectivity index (χ1n) is 5.40. The van der Waals surface area contributed by atoms with E-state index in [4.69, 9.17) is 0 Å². The monoisotopic (exact) mass is 303 g/mol. The van der Waals surface area contributed by atoms with E-state index >= 15 is 0 Å². The number of carboxylic acids is 1. The average molecular weight is 304 g/mol. The van der Waals surface area contributed by atoms with Crippen LogP contribution < -0.4 is 0 Å². The fourth-order valence-electron chi connectivity index (χ4n) is 2.11. The molecule has 0 spiro atoms. The molecule has 0 bridgehead atoms. The molecule has 16 heavy (non-hydrogen) atoms. The second-order valence-electron chi connectivity index (χ2n) is 3.98. The van der Waals surface area contributed by atoms with Gasteiger partial charge in [0.25, 0.3) is 0 Å². The molecule has 1 fully saturated rings. The van der Waals surface area contributed by atoms with Gasteiger partial charge >= 0.3 is 5.97 Å². The van der Waals surface area contributed by atoms with Gasteiger partial charge in [-0.2, -0.15) is 0 Å². The Morgan fingerprint density at radius 3 is 2.56 bits per heavy atom. The summed E-state index contributed by atoms with van der Waals surface area (Å²) in [5, 5.41) is 9.34. The summed E-state index contributed by atoms with van der Waals surface area (Å²) in [6, 6.07) is 3.36. The van der Waals surface area contributed by atoms with Crippen molar-refractivity contribution in [3.63, 3.8) is 0 Å². The van der Waals surface area contributed by atoms with E-state index < -0.39 is 12.0 Å². The highest BCUT2D eigenvalue weighted by atomic mass is 79.9. The van der Waals surface area contributed by atoms with Crippen molar-refractivity contribution in [1.29, 1.82) is 0 Å². The minimum absolute atomic E-state index is 0.461. The Balaban J connectivity index is 2.19. The van der Waals surface area contributed by atoms with Gasteiger partial charge < -0.3 is 5.11 Å². The van der Waals surface area contributed by atoms with Gasteiger partial charge in [-0.25, -0.2) is 0 Å². The number of aliphatic carboxylic acids is 1. The number of piperidine rings is 1. The average Bonchev–Trinajstić information content (AvgIpc) is 2.66. The fraction of sp³-hybridized carbons (Fsp3) is 0.545. The highest BCUT2D eigenvalue weighted by Crippen LogP contribution is 2.32. The summed E-state index contributed by atoms with van der Waals surface area (Å²) < 4.78 is 0.991. The van der Waals surface area contributed by atoms with Crippen molar-refractivity contribution in [3.05, 3.63) is 20.8 Å². The lowest BCUT2D eigenvalue weighted by molar-refractivity contribution is -0.143. The smallest absolute Gasteiger partial charge is 0.326 e. The van der Waals surface area contributed by atoms with E-state index in [0.29, 0.717) is 0 Å². The zero-order chi connectivity index (χ0) is 11.5. The third kappa shape index (κ3) is 2.64. The van der Waals surface area contributed by atoms with E-state index in [-0.39, 0.29) is 0 Å². The lowest BCUT2D eigenvalue weighted by atomic mass is 10.1. The van der Waals surface area contributed by atoms with Gasteiger partial charge in [0.2, 0.25) is 0 Å². The number of carboxylic acid groups (broad SMARTS) is 1. The molecule has 2 heterocycles. The largest absolute Gasteiger partial charge is 0.480 e. The van der Waals surface area contributed by atoms with E-state index in [0.717, 1.165) is 34.6 Å². The van der Waals surface area contributed by atoms with Crippen molar-refractivity contribution >= 4 is 33.2 Å². The first-order chi connectivity index (χ1) is 7.68. The maximum atomic E-state index is 11.4. The van der Waals surface area contributed by atoms with Crippen LogP contribution in [0.2, 0.25) is 0 Å².